The third-order valence-corrected chi connectivity index (χ3v) is 2.39. The summed E-state index contributed by atoms with van der Waals surface area (Å²) in [6, 6.07) is 0.268. The van der Waals surface area contributed by atoms with Gasteiger partial charge in [0, 0.05) is 24.2 Å². The molecule has 0 rings (SSSR count). The molecule has 0 aliphatic carbocycles. The quantitative estimate of drug-likeness (QED) is 0.672. The molecule has 0 spiro atoms. The molecular formula is C12H22N2O2. The summed E-state index contributed by atoms with van der Waals surface area (Å²) in [5.41, 5.74) is 0. The highest BCUT2D eigenvalue weighted by Gasteiger charge is 2.04. The molecule has 0 aromatic carbocycles. The SMILES string of the molecule is CC[C@@H](C)NC(=O)/C=C/C(=O)N[C@@H](C)CC. The third-order valence-electron chi connectivity index (χ3n) is 2.39. The largest absolute Gasteiger partial charge is 0.350 e. The van der Waals surface area contributed by atoms with Gasteiger partial charge in [-0.3, -0.25) is 9.59 Å². The van der Waals surface area contributed by atoms with Crippen LogP contribution in [-0.4, -0.2) is 23.9 Å². The molecule has 0 fully saturated rings. The van der Waals surface area contributed by atoms with Crippen molar-refractivity contribution in [1.29, 1.82) is 0 Å². The summed E-state index contributed by atoms with van der Waals surface area (Å²) in [7, 11) is 0. The number of hydrogen-bond donors (Lipinski definition) is 2. The van der Waals surface area contributed by atoms with Crippen molar-refractivity contribution in [3.63, 3.8) is 0 Å². The van der Waals surface area contributed by atoms with E-state index in [1.165, 1.54) is 12.2 Å². The van der Waals surface area contributed by atoms with E-state index >= 15 is 0 Å². The average molecular weight is 226 g/mol. The standard InChI is InChI=1S/C12H22N2O2/c1-5-9(3)13-11(15)7-8-12(16)14-10(4)6-2/h7-10H,5-6H2,1-4H3,(H,13,15)(H,14,16)/b8-7+/t9-,10+. The molecule has 4 nitrogen and oxygen atoms in total. The van der Waals surface area contributed by atoms with E-state index in [2.05, 4.69) is 10.6 Å². The topological polar surface area (TPSA) is 58.2 Å². The van der Waals surface area contributed by atoms with Gasteiger partial charge < -0.3 is 10.6 Å². The number of carbonyl (C=O) groups excluding carboxylic acids is 2. The van der Waals surface area contributed by atoms with Crippen molar-refractivity contribution < 1.29 is 9.59 Å². The Morgan fingerprint density at radius 1 is 0.938 bits per heavy atom. The fourth-order valence-electron chi connectivity index (χ4n) is 0.937. The van der Waals surface area contributed by atoms with Crippen LogP contribution in [0.4, 0.5) is 0 Å². The van der Waals surface area contributed by atoms with Crippen molar-refractivity contribution in [2.75, 3.05) is 0 Å². The summed E-state index contributed by atoms with van der Waals surface area (Å²) in [5, 5.41) is 5.49. The average Bonchev–Trinajstić information content (AvgIpc) is 2.26. The van der Waals surface area contributed by atoms with Gasteiger partial charge in [-0.25, -0.2) is 0 Å². The molecule has 0 bridgehead atoms. The lowest BCUT2D eigenvalue weighted by molar-refractivity contribution is -0.119. The number of amides is 2. The maximum atomic E-state index is 11.3. The molecule has 0 unspecified atom stereocenters. The van der Waals surface area contributed by atoms with Gasteiger partial charge in [-0.05, 0) is 26.7 Å². The molecule has 0 aliphatic heterocycles. The second-order valence-electron chi connectivity index (χ2n) is 3.97. The van der Waals surface area contributed by atoms with Crippen LogP contribution in [0.2, 0.25) is 0 Å². The first-order valence-corrected chi connectivity index (χ1v) is 5.78. The Balaban J connectivity index is 3.98. The van der Waals surface area contributed by atoms with E-state index in [4.69, 9.17) is 0 Å². The number of hydrogen-bond acceptors (Lipinski definition) is 2. The molecule has 0 aliphatic rings. The number of rotatable bonds is 6. The highest BCUT2D eigenvalue weighted by molar-refractivity contribution is 5.96. The molecule has 2 amide bonds. The molecular weight excluding hydrogens is 204 g/mol. The lowest BCUT2D eigenvalue weighted by Gasteiger charge is -2.09. The second-order valence-corrected chi connectivity index (χ2v) is 3.97. The van der Waals surface area contributed by atoms with Crippen molar-refractivity contribution in [2.24, 2.45) is 0 Å². The first-order valence-electron chi connectivity index (χ1n) is 5.78. The monoisotopic (exact) mass is 226 g/mol. The van der Waals surface area contributed by atoms with Crippen LogP contribution in [0.1, 0.15) is 40.5 Å². The molecule has 0 saturated carbocycles. The van der Waals surface area contributed by atoms with E-state index in [0.29, 0.717) is 0 Å². The van der Waals surface area contributed by atoms with Crippen molar-refractivity contribution in [3.8, 4) is 0 Å². The van der Waals surface area contributed by atoms with E-state index in [0.717, 1.165) is 12.8 Å². The summed E-state index contributed by atoms with van der Waals surface area (Å²) in [4.78, 5) is 22.6. The van der Waals surface area contributed by atoms with Crippen LogP contribution >= 0.6 is 0 Å². The van der Waals surface area contributed by atoms with E-state index < -0.39 is 0 Å². The molecule has 92 valence electrons. The van der Waals surface area contributed by atoms with E-state index in [1.807, 2.05) is 27.7 Å². The minimum Gasteiger partial charge on any atom is -0.350 e. The molecule has 0 aromatic rings. The van der Waals surface area contributed by atoms with Crippen molar-refractivity contribution in [1.82, 2.24) is 10.6 Å². The summed E-state index contributed by atoms with van der Waals surface area (Å²) in [5.74, 6) is -0.456. The van der Waals surface area contributed by atoms with Crippen molar-refractivity contribution in [3.05, 3.63) is 12.2 Å². The third kappa shape index (κ3) is 7.04. The Hall–Kier alpha value is -1.32. The van der Waals surface area contributed by atoms with E-state index in [1.54, 1.807) is 0 Å². The maximum absolute atomic E-state index is 11.3. The minimum absolute atomic E-state index is 0.134. The summed E-state index contributed by atoms with van der Waals surface area (Å²) in [6.45, 7) is 7.82. The Morgan fingerprint density at radius 3 is 1.50 bits per heavy atom. The molecule has 0 saturated heterocycles. The van der Waals surface area contributed by atoms with Gasteiger partial charge in [-0.15, -0.1) is 0 Å². The molecule has 0 heterocycles. The Labute approximate surface area is 97.5 Å². The molecule has 0 radical (unpaired) electrons. The minimum atomic E-state index is -0.228. The highest BCUT2D eigenvalue weighted by atomic mass is 16.2. The van der Waals surface area contributed by atoms with Gasteiger partial charge in [-0.1, -0.05) is 13.8 Å². The first-order chi connectivity index (χ1) is 7.49. The zero-order valence-electron chi connectivity index (χ0n) is 10.5. The van der Waals surface area contributed by atoms with Crippen molar-refractivity contribution in [2.45, 2.75) is 52.6 Å². The molecule has 4 heteroatoms. The Morgan fingerprint density at radius 2 is 1.25 bits per heavy atom. The van der Waals surface area contributed by atoms with Gasteiger partial charge >= 0.3 is 0 Å². The van der Waals surface area contributed by atoms with Crippen LogP contribution in [-0.2, 0) is 9.59 Å². The Bertz CT molecular complexity index is 236. The molecule has 0 aromatic heterocycles. The van der Waals surface area contributed by atoms with Gasteiger partial charge in [0.1, 0.15) is 0 Å². The van der Waals surface area contributed by atoms with Gasteiger partial charge in [-0.2, -0.15) is 0 Å². The Kier molecular flexibility index (Phi) is 7.25. The van der Waals surface area contributed by atoms with E-state index in [9.17, 15) is 9.59 Å². The lowest BCUT2D eigenvalue weighted by Crippen LogP contribution is -2.32. The van der Waals surface area contributed by atoms with Crippen LogP contribution in [0.25, 0.3) is 0 Å². The maximum Gasteiger partial charge on any atom is 0.244 e. The highest BCUT2D eigenvalue weighted by Crippen LogP contribution is 1.90. The van der Waals surface area contributed by atoms with Crippen LogP contribution in [0.3, 0.4) is 0 Å². The zero-order valence-corrected chi connectivity index (χ0v) is 10.5. The second kappa shape index (κ2) is 7.91. The fraction of sp³-hybridized carbons (Fsp3) is 0.667. The summed E-state index contributed by atoms with van der Waals surface area (Å²) in [6.07, 6.45) is 4.28. The number of nitrogens with one attached hydrogen (secondary N) is 2. The predicted molar refractivity (Wildman–Crippen MR) is 64.9 cm³/mol. The predicted octanol–water partition coefficient (Wildman–Crippen LogP) is 1.37. The van der Waals surface area contributed by atoms with Crippen molar-refractivity contribution >= 4 is 11.8 Å². The lowest BCUT2D eigenvalue weighted by atomic mass is 10.2. The van der Waals surface area contributed by atoms with Crippen LogP contribution in [0.5, 0.6) is 0 Å². The van der Waals surface area contributed by atoms with Gasteiger partial charge in [0.25, 0.3) is 0 Å². The number of carbonyl (C=O) groups is 2. The first kappa shape index (κ1) is 14.7. The van der Waals surface area contributed by atoms with Crippen LogP contribution in [0, 0.1) is 0 Å². The van der Waals surface area contributed by atoms with Crippen LogP contribution in [0.15, 0.2) is 12.2 Å². The molecule has 2 N–H and O–H groups in total. The van der Waals surface area contributed by atoms with Crippen LogP contribution < -0.4 is 10.6 Å². The summed E-state index contributed by atoms with van der Waals surface area (Å²) < 4.78 is 0. The molecule has 2 atom stereocenters. The van der Waals surface area contributed by atoms with E-state index in [-0.39, 0.29) is 23.9 Å². The molecule has 16 heavy (non-hydrogen) atoms. The van der Waals surface area contributed by atoms with Gasteiger partial charge in [0.05, 0.1) is 0 Å². The fourth-order valence-corrected chi connectivity index (χ4v) is 0.937. The van der Waals surface area contributed by atoms with Gasteiger partial charge in [0.15, 0.2) is 0 Å². The zero-order chi connectivity index (χ0) is 12.6. The normalized spacial score (nSPS) is 14.5. The summed E-state index contributed by atoms with van der Waals surface area (Å²) >= 11 is 0. The van der Waals surface area contributed by atoms with Gasteiger partial charge in [0.2, 0.25) is 11.8 Å². The smallest absolute Gasteiger partial charge is 0.244 e.